The minimum Gasteiger partial charge on any atom is -0.497 e. The second-order valence-corrected chi connectivity index (χ2v) is 20.5. The van der Waals surface area contributed by atoms with Crippen molar-refractivity contribution in [3.63, 3.8) is 0 Å². The van der Waals surface area contributed by atoms with E-state index >= 15 is 0 Å². The molecule has 5 rings (SSSR count). The molecule has 2 atom stereocenters. The molecule has 2 aromatic heterocycles. The summed E-state index contributed by atoms with van der Waals surface area (Å²) in [4.78, 5) is 36.9. The first-order valence-corrected chi connectivity index (χ1v) is 24.6. The molecule has 308 valence electrons. The number of pyridine rings is 2. The number of nitrogens with zero attached hydrogens (tertiary/aromatic N) is 5. The second kappa shape index (κ2) is 20.1. The average molecular weight is 849 g/mol. The van der Waals surface area contributed by atoms with E-state index in [1.54, 1.807) is 26.4 Å². The molecule has 14 nitrogen and oxygen atoms in total. The smallest absolute Gasteiger partial charge is 0.244 e. The summed E-state index contributed by atoms with van der Waals surface area (Å²) in [7, 11) is -7.66. The van der Waals surface area contributed by atoms with Crippen LogP contribution in [0.2, 0.25) is 0 Å². The van der Waals surface area contributed by atoms with Crippen molar-refractivity contribution >= 4 is 35.6 Å². The van der Waals surface area contributed by atoms with Gasteiger partial charge in [0.1, 0.15) is 22.4 Å². The van der Waals surface area contributed by atoms with Crippen LogP contribution in [-0.2, 0) is 32.2 Å². The highest BCUT2D eigenvalue weighted by atomic mass is 32.2. The Morgan fingerprint density at radius 3 is 1.34 bits per heavy atom. The van der Waals surface area contributed by atoms with Crippen LogP contribution in [0.3, 0.4) is 0 Å². The first-order chi connectivity index (χ1) is 27.5. The summed E-state index contributed by atoms with van der Waals surface area (Å²) >= 11 is 0. The topological polar surface area (TPSA) is 175 Å². The molecule has 2 aromatic carbocycles. The molecule has 3 N–H and O–H groups in total. The monoisotopic (exact) mass is 848 g/mol. The van der Waals surface area contributed by atoms with Crippen LogP contribution in [0.4, 0.5) is 0 Å². The van der Waals surface area contributed by atoms with E-state index in [1.165, 1.54) is 13.3 Å². The quantitative estimate of drug-likeness (QED) is 0.140. The first-order valence-electron chi connectivity index (χ1n) is 18.5. The lowest BCUT2D eigenvalue weighted by Gasteiger charge is -2.26. The van der Waals surface area contributed by atoms with E-state index in [1.807, 2.05) is 60.7 Å². The Morgan fingerprint density at radius 2 is 1.00 bits per heavy atom. The van der Waals surface area contributed by atoms with Crippen LogP contribution < -0.4 is 25.1 Å². The van der Waals surface area contributed by atoms with Gasteiger partial charge in [0.15, 0.2) is 0 Å². The third kappa shape index (κ3) is 14.5. The van der Waals surface area contributed by atoms with Crippen molar-refractivity contribution in [2.75, 3.05) is 86.2 Å². The van der Waals surface area contributed by atoms with Gasteiger partial charge in [-0.05, 0) is 72.8 Å². The van der Waals surface area contributed by atoms with Gasteiger partial charge >= 0.3 is 0 Å². The lowest BCUT2D eigenvalue weighted by atomic mass is 10.1. The summed E-state index contributed by atoms with van der Waals surface area (Å²) in [5.41, 5.74) is 3.93. The van der Waals surface area contributed by atoms with Crippen molar-refractivity contribution in [3.05, 3.63) is 106 Å². The maximum Gasteiger partial charge on any atom is 0.244 e. The number of rotatable bonds is 12. The Hall–Kier alpha value is -4.37. The summed E-state index contributed by atoms with van der Waals surface area (Å²) in [6.07, 6.45) is 1.13. The van der Waals surface area contributed by atoms with Crippen molar-refractivity contribution in [1.29, 1.82) is 0 Å². The van der Waals surface area contributed by atoms with Crippen LogP contribution in [0.5, 0.6) is 11.5 Å². The maximum atomic E-state index is 12.9. The molecular formula is C41H50N6O8P2S. The summed E-state index contributed by atoms with van der Waals surface area (Å²) in [6, 6.07) is 21.4. The van der Waals surface area contributed by atoms with E-state index in [-0.39, 0.29) is 17.4 Å². The van der Waals surface area contributed by atoms with Gasteiger partial charge in [-0.3, -0.25) is 23.8 Å². The van der Waals surface area contributed by atoms with Crippen molar-refractivity contribution in [1.82, 2.24) is 29.4 Å². The fourth-order valence-corrected chi connectivity index (χ4v) is 7.93. The lowest BCUT2D eigenvalue weighted by molar-refractivity contribution is 0.207. The normalized spacial score (nSPS) is 16.5. The lowest BCUT2D eigenvalue weighted by Crippen LogP contribution is -2.40. The minimum atomic E-state index is -3.73. The van der Waals surface area contributed by atoms with Crippen LogP contribution >= 0.6 is 14.7 Å². The molecule has 1 saturated heterocycles. The van der Waals surface area contributed by atoms with Gasteiger partial charge in [0.05, 0.1) is 31.9 Å². The Morgan fingerprint density at radius 1 is 0.638 bits per heavy atom. The molecule has 0 bridgehead atoms. The van der Waals surface area contributed by atoms with Crippen LogP contribution in [-0.4, -0.2) is 129 Å². The zero-order valence-electron chi connectivity index (χ0n) is 33.4. The van der Waals surface area contributed by atoms with Gasteiger partial charge in [0.2, 0.25) is 24.8 Å². The van der Waals surface area contributed by atoms with Crippen molar-refractivity contribution in [3.8, 4) is 35.2 Å². The largest absolute Gasteiger partial charge is 0.497 e. The third-order valence-electron chi connectivity index (χ3n) is 9.22. The zero-order chi connectivity index (χ0) is 41.9. The summed E-state index contributed by atoms with van der Waals surface area (Å²) in [6.45, 7) is 7.58. The number of sulfonamides is 1. The fraction of sp³-hybridized carbons (Fsp3) is 0.366. The molecule has 3 heterocycles. The molecular weight excluding hydrogens is 799 g/mol. The van der Waals surface area contributed by atoms with Gasteiger partial charge < -0.3 is 19.3 Å². The summed E-state index contributed by atoms with van der Waals surface area (Å²) < 4.78 is 62.5. The van der Waals surface area contributed by atoms with Gasteiger partial charge in [-0.15, -0.1) is 0 Å². The Labute approximate surface area is 341 Å². The third-order valence-corrected chi connectivity index (χ3v) is 12.1. The standard InChI is InChI=1S/C41H50N6O8P2S/c1-54-38-14-10-32(11-15-38)6-8-34-26-36(43-40(28-34)56(3,48)49)30-46-22-20-45(19-18-42-58(5,52)53)21-23-47(25-24-46)31-37-27-35(29-41(44-37)57(4,50)51)9-7-33-12-16-39(55-2)17-13-33/h10-17,26-29,42H,18-25,30-31H2,1-5H3,(H,48,49)(H,50,51). The van der Waals surface area contributed by atoms with E-state index in [4.69, 9.17) is 9.47 Å². The fourth-order valence-electron chi connectivity index (χ4n) is 6.08. The molecule has 0 amide bonds. The molecule has 0 saturated carbocycles. The molecule has 1 fully saturated rings. The number of aromatic nitrogens is 2. The SMILES string of the molecule is COc1ccc(C#Cc2cc(CN3CCN(CCNS(C)(=O)=O)CCN(Cc4cc(C#Cc5ccc(OC)cc5)cc(P(C)(=O)O)n4)CC3)nc(P(C)(=O)O)c2)cc1. The number of nitrogens with one attached hydrogen (secondary N) is 1. The molecule has 4 aromatic rings. The average Bonchev–Trinajstić information content (AvgIpc) is 3.26. The van der Waals surface area contributed by atoms with E-state index in [0.29, 0.717) is 92.9 Å². The summed E-state index contributed by atoms with van der Waals surface area (Å²) in [5.74, 6) is 13.9. The molecule has 0 aliphatic carbocycles. The zero-order valence-corrected chi connectivity index (χ0v) is 36.0. The van der Waals surface area contributed by atoms with Crippen LogP contribution in [0, 0.1) is 23.7 Å². The Balaban J connectivity index is 1.41. The predicted octanol–water partition coefficient (Wildman–Crippen LogP) is 2.51. The van der Waals surface area contributed by atoms with Gasteiger partial charge in [0, 0.05) is 101 Å². The van der Waals surface area contributed by atoms with Gasteiger partial charge in [-0.1, -0.05) is 23.7 Å². The molecule has 1 aliphatic rings. The number of methoxy groups -OCH3 is 2. The van der Waals surface area contributed by atoms with Crippen LogP contribution in [0.1, 0.15) is 33.6 Å². The highest BCUT2D eigenvalue weighted by molar-refractivity contribution is 7.88. The second-order valence-electron chi connectivity index (χ2n) is 14.2. The number of hydrogen-bond acceptors (Lipinski definition) is 11. The number of benzene rings is 2. The highest BCUT2D eigenvalue weighted by Gasteiger charge is 2.23. The van der Waals surface area contributed by atoms with E-state index in [2.05, 4.69) is 53.1 Å². The van der Waals surface area contributed by atoms with Gasteiger partial charge in [0.25, 0.3) is 0 Å². The van der Waals surface area contributed by atoms with Gasteiger partial charge in [-0.2, -0.15) is 0 Å². The molecule has 17 heteroatoms. The maximum absolute atomic E-state index is 12.9. The first kappa shape index (κ1) is 44.7. The van der Waals surface area contributed by atoms with Crippen molar-refractivity contribution < 1.29 is 36.8 Å². The number of hydrogen-bond donors (Lipinski definition) is 3. The number of ether oxygens (including phenoxy) is 2. The van der Waals surface area contributed by atoms with Crippen LogP contribution in [0.15, 0.2) is 72.8 Å². The Kier molecular flexibility index (Phi) is 15.5. The molecule has 0 spiro atoms. The Bertz CT molecular complexity index is 2230. The molecule has 0 radical (unpaired) electrons. The minimum absolute atomic E-state index is 0.0670. The van der Waals surface area contributed by atoms with E-state index in [0.717, 1.165) is 17.4 Å². The summed E-state index contributed by atoms with van der Waals surface area (Å²) in [5, 5.41) is 0. The van der Waals surface area contributed by atoms with Crippen molar-refractivity contribution in [2.45, 2.75) is 13.1 Å². The predicted molar refractivity (Wildman–Crippen MR) is 227 cm³/mol. The van der Waals surface area contributed by atoms with Gasteiger partial charge in [-0.25, -0.2) is 23.1 Å². The van der Waals surface area contributed by atoms with E-state index in [9.17, 15) is 27.3 Å². The van der Waals surface area contributed by atoms with E-state index < -0.39 is 24.8 Å². The molecule has 1 aliphatic heterocycles. The molecule has 2 unspecified atom stereocenters. The highest BCUT2D eigenvalue weighted by Crippen LogP contribution is 2.34. The van der Waals surface area contributed by atoms with Crippen molar-refractivity contribution in [2.24, 2.45) is 0 Å². The van der Waals surface area contributed by atoms with Crippen LogP contribution in [0.25, 0.3) is 0 Å². The molecule has 58 heavy (non-hydrogen) atoms.